The molecule has 0 aliphatic heterocycles. The minimum absolute atomic E-state index is 0.0694. The van der Waals surface area contributed by atoms with Gasteiger partial charge < -0.3 is 10.1 Å². The van der Waals surface area contributed by atoms with E-state index in [1.165, 1.54) is 6.20 Å². The minimum Gasteiger partial charge on any atom is -0.358 e. The zero-order chi connectivity index (χ0) is 13.9. The van der Waals surface area contributed by atoms with Crippen LogP contribution in [0.5, 0.6) is 0 Å². The van der Waals surface area contributed by atoms with E-state index in [9.17, 15) is 10.1 Å². The lowest BCUT2D eigenvalue weighted by atomic mass is 10.2. The highest BCUT2D eigenvalue weighted by Gasteiger charge is 2.20. The van der Waals surface area contributed by atoms with E-state index in [4.69, 9.17) is 0 Å². The molecule has 102 valence electrons. The Hall–Kier alpha value is -1.43. The minimum atomic E-state index is -0.380. The van der Waals surface area contributed by atoms with Crippen LogP contribution in [0.3, 0.4) is 0 Å². The van der Waals surface area contributed by atoms with Gasteiger partial charge in [0.15, 0.2) is 5.82 Å². The predicted octanol–water partition coefficient (Wildman–Crippen LogP) is 2.22. The molecule has 0 amide bonds. The monoisotopic (exact) mass is 254 g/mol. The molecule has 0 unspecified atom stereocenters. The predicted molar refractivity (Wildman–Crippen MR) is 70.6 cm³/mol. The van der Waals surface area contributed by atoms with Gasteiger partial charge in [-0.2, -0.15) is 0 Å². The Morgan fingerprint density at radius 3 is 2.39 bits per heavy atom. The SMILES string of the molecule is Cc1ncc([N+](=O)[O-])n1CCN(C(C)C)C(C)C. The quantitative estimate of drug-likeness (QED) is 0.576. The molecule has 18 heavy (non-hydrogen) atoms. The molecule has 0 aromatic carbocycles. The summed E-state index contributed by atoms with van der Waals surface area (Å²) in [6.45, 7) is 11.7. The molecule has 0 bridgehead atoms. The van der Waals surface area contributed by atoms with Gasteiger partial charge in [-0.3, -0.25) is 4.90 Å². The number of hydrogen-bond acceptors (Lipinski definition) is 4. The summed E-state index contributed by atoms with van der Waals surface area (Å²) < 4.78 is 1.66. The van der Waals surface area contributed by atoms with Crippen LogP contribution in [0.15, 0.2) is 6.20 Å². The second-order valence-corrected chi connectivity index (χ2v) is 5.00. The Morgan fingerprint density at radius 1 is 1.39 bits per heavy atom. The molecule has 0 spiro atoms. The topological polar surface area (TPSA) is 64.2 Å². The van der Waals surface area contributed by atoms with Gasteiger partial charge >= 0.3 is 5.82 Å². The first-order valence-electron chi connectivity index (χ1n) is 6.26. The van der Waals surface area contributed by atoms with Crippen molar-refractivity contribution in [2.45, 2.75) is 53.2 Å². The second kappa shape index (κ2) is 5.95. The van der Waals surface area contributed by atoms with E-state index in [2.05, 4.69) is 37.6 Å². The van der Waals surface area contributed by atoms with Crippen LogP contribution in [0.25, 0.3) is 0 Å². The summed E-state index contributed by atoms with van der Waals surface area (Å²) >= 11 is 0. The molecule has 0 radical (unpaired) electrons. The molecule has 6 heteroatoms. The number of imidazole rings is 1. The van der Waals surface area contributed by atoms with Crippen LogP contribution in [-0.4, -0.2) is 38.0 Å². The first-order valence-corrected chi connectivity index (χ1v) is 6.26. The van der Waals surface area contributed by atoms with Crippen molar-refractivity contribution < 1.29 is 4.92 Å². The number of nitrogens with zero attached hydrogens (tertiary/aromatic N) is 4. The molecule has 0 saturated heterocycles. The Morgan fingerprint density at radius 2 is 1.94 bits per heavy atom. The molecule has 0 atom stereocenters. The lowest BCUT2D eigenvalue weighted by molar-refractivity contribution is -0.392. The van der Waals surface area contributed by atoms with Crippen LogP contribution in [-0.2, 0) is 6.54 Å². The molecule has 1 aromatic rings. The smallest absolute Gasteiger partial charge is 0.342 e. The fourth-order valence-corrected chi connectivity index (χ4v) is 2.21. The van der Waals surface area contributed by atoms with Crippen molar-refractivity contribution in [3.05, 3.63) is 22.1 Å². The Bertz CT molecular complexity index is 404. The van der Waals surface area contributed by atoms with Gasteiger partial charge in [0.25, 0.3) is 0 Å². The highest BCUT2D eigenvalue weighted by Crippen LogP contribution is 2.14. The van der Waals surface area contributed by atoms with Gasteiger partial charge in [0.1, 0.15) is 12.7 Å². The number of nitro groups is 1. The third-order valence-corrected chi connectivity index (χ3v) is 3.13. The van der Waals surface area contributed by atoms with Crippen molar-refractivity contribution in [3.8, 4) is 0 Å². The molecular weight excluding hydrogens is 232 g/mol. The van der Waals surface area contributed by atoms with Crippen LogP contribution in [0, 0.1) is 17.0 Å². The summed E-state index contributed by atoms with van der Waals surface area (Å²) in [7, 11) is 0. The van der Waals surface area contributed by atoms with E-state index in [1.54, 1.807) is 11.5 Å². The maximum absolute atomic E-state index is 10.9. The van der Waals surface area contributed by atoms with E-state index >= 15 is 0 Å². The molecule has 1 rings (SSSR count). The van der Waals surface area contributed by atoms with Crippen LogP contribution in [0.1, 0.15) is 33.5 Å². The first-order chi connectivity index (χ1) is 8.34. The second-order valence-electron chi connectivity index (χ2n) is 5.00. The van der Waals surface area contributed by atoms with Crippen LogP contribution < -0.4 is 0 Å². The first kappa shape index (κ1) is 14.6. The number of aromatic nitrogens is 2. The Kier molecular flexibility index (Phi) is 4.84. The molecule has 0 fully saturated rings. The molecular formula is C12H22N4O2. The molecule has 0 N–H and O–H groups in total. The summed E-state index contributed by atoms with van der Waals surface area (Å²) in [5.74, 6) is 0.758. The fourth-order valence-electron chi connectivity index (χ4n) is 2.21. The van der Waals surface area contributed by atoms with Gasteiger partial charge in [0.2, 0.25) is 0 Å². The molecule has 6 nitrogen and oxygen atoms in total. The number of rotatable bonds is 6. The highest BCUT2D eigenvalue weighted by molar-refractivity contribution is 5.18. The normalized spacial score (nSPS) is 11.8. The standard InChI is InChI=1S/C12H22N4O2/c1-9(2)14(10(3)4)6-7-15-11(5)13-8-12(15)16(17)18/h8-10H,6-7H2,1-5H3. The van der Waals surface area contributed by atoms with Crippen molar-refractivity contribution in [2.75, 3.05) is 6.54 Å². The molecule has 0 saturated carbocycles. The van der Waals surface area contributed by atoms with Crippen LogP contribution in [0.4, 0.5) is 5.82 Å². The van der Waals surface area contributed by atoms with Crippen molar-refractivity contribution in [3.63, 3.8) is 0 Å². The Balaban J connectivity index is 2.79. The van der Waals surface area contributed by atoms with Gasteiger partial charge in [-0.15, -0.1) is 0 Å². The average molecular weight is 254 g/mol. The van der Waals surface area contributed by atoms with Gasteiger partial charge in [-0.05, 0) is 32.6 Å². The largest absolute Gasteiger partial charge is 0.358 e. The summed E-state index contributed by atoms with van der Waals surface area (Å²) in [6.07, 6.45) is 1.32. The van der Waals surface area contributed by atoms with Crippen molar-refractivity contribution in [1.82, 2.24) is 14.5 Å². The third kappa shape index (κ3) is 3.29. The van der Waals surface area contributed by atoms with Gasteiger partial charge in [-0.1, -0.05) is 0 Å². The summed E-state index contributed by atoms with van der Waals surface area (Å²) in [6, 6.07) is 0.848. The van der Waals surface area contributed by atoms with Gasteiger partial charge in [0.05, 0.1) is 0 Å². The molecule has 1 aromatic heterocycles. The van der Waals surface area contributed by atoms with E-state index in [1.807, 2.05) is 0 Å². The zero-order valence-electron chi connectivity index (χ0n) is 11.8. The molecule has 0 aliphatic carbocycles. The molecule has 0 aliphatic rings. The lowest BCUT2D eigenvalue weighted by Crippen LogP contribution is -2.39. The number of aryl methyl sites for hydroxylation is 1. The lowest BCUT2D eigenvalue weighted by Gasteiger charge is -2.29. The zero-order valence-corrected chi connectivity index (χ0v) is 11.8. The summed E-state index contributed by atoms with van der Waals surface area (Å²) in [4.78, 5) is 16.8. The maximum Gasteiger partial charge on any atom is 0.342 e. The third-order valence-electron chi connectivity index (χ3n) is 3.13. The highest BCUT2D eigenvalue weighted by atomic mass is 16.6. The maximum atomic E-state index is 10.9. The summed E-state index contributed by atoms with van der Waals surface area (Å²) in [5, 5.41) is 10.9. The van der Waals surface area contributed by atoms with E-state index in [-0.39, 0.29) is 10.7 Å². The van der Waals surface area contributed by atoms with Crippen molar-refractivity contribution >= 4 is 5.82 Å². The van der Waals surface area contributed by atoms with Gasteiger partial charge in [0, 0.05) is 25.6 Å². The molecule has 1 heterocycles. The van der Waals surface area contributed by atoms with Crippen LogP contribution in [0.2, 0.25) is 0 Å². The van der Waals surface area contributed by atoms with E-state index in [0.717, 1.165) is 6.54 Å². The van der Waals surface area contributed by atoms with Crippen molar-refractivity contribution in [1.29, 1.82) is 0 Å². The van der Waals surface area contributed by atoms with Crippen LogP contribution >= 0.6 is 0 Å². The Labute approximate surface area is 108 Å². The fraction of sp³-hybridized carbons (Fsp3) is 0.750. The summed E-state index contributed by atoms with van der Waals surface area (Å²) in [5.41, 5.74) is 0. The average Bonchev–Trinajstić information content (AvgIpc) is 2.59. The van der Waals surface area contributed by atoms with Crippen molar-refractivity contribution in [2.24, 2.45) is 0 Å². The van der Waals surface area contributed by atoms with E-state index < -0.39 is 0 Å². The number of hydrogen-bond donors (Lipinski definition) is 0. The van der Waals surface area contributed by atoms with Gasteiger partial charge in [-0.25, -0.2) is 9.55 Å². The van der Waals surface area contributed by atoms with E-state index in [0.29, 0.717) is 24.5 Å².